The Morgan fingerprint density at radius 3 is 2.47 bits per heavy atom. The summed E-state index contributed by atoms with van der Waals surface area (Å²) >= 11 is 0. The minimum Gasteiger partial charge on any atom is -0.384 e. The number of methoxy groups -OCH3 is 1. The highest BCUT2D eigenvalue weighted by Gasteiger charge is 2.51. The minimum atomic E-state index is -3.10. The molecule has 4 nitrogen and oxygen atoms in total. The van der Waals surface area contributed by atoms with Gasteiger partial charge in [0.2, 0.25) is 0 Å². The second kappa shape index (κ2) is 4.39. The number of hydrogen-bond donors (Lipinski definition) is 1. The molecule has 0 aromatic heterocycles. The smallest absolute Gasteiger partial charge is 0.154 e. The van der Waals surface area contributed by atoms with E-state index in [0.717, 1.165) is 6.42 Å². The average molecular weight is 235 g/mol. The fourth-order valence-corrected chi connectivity index (χ4v) is 4.47. The molecule has 5 heteroatoms. The highest BCUT2D eigenvalue weighted by atomic mass is 32.2. The standard InChI is InChI=1S/C10H21NO3S/c1-8-4-9(6-14-2)5-10(8,7-11)15(3,12)13/h8-9H,4-7,11H2,1-3H3/t8-,9-,10+/m0/s1. The molecule has 0 aliphatic heterocycles. The van der Waals surface area contributed by atoms with Crippen LogP contribution in [-0.2, 0) is 14.6 Å². The molecule has 90 valence electrons. The summed E-state index contributed by atoms with van der Waals surface area (Å²) in [4.78, 5) is 0. The quantitative estimate of drug-likeness (QED) is 0.767. The maximum Gasteiger partial charge on any atom is 0.154 e. The highest BCUT2D eigenvalue weighted by Crippen LogP contribution is 2.44. The van der Waals surface area contributed by atoms with E-state index in [1.165, 1.54) is 6.26 Å². The molecule has 1 fully saturated rings. The largest absolute Gasteiger partial charge is 0.384 e. The summed E-state index contributed by atoms with van der Waals surface area (Å²) in [7, 11) is -1.45. The van der Waals surface area contributed by atoms with Gasteiger partial charge in [0.1, 0.15) is 0 Å². The van der Waals surface area contributed by atoms with E-state index in [-0.39, 0.29) is 12.5 Å². The number of ether oxygens (including phenoxy) is 1. The first kappa shape index (κ1) is 12.9. The maximum absolute atomic E-state index is 11.8. The lowest BCUT2D eigenvalue weighted by molar-refractivity contribution is 0.152. The molecule has 0 aromatic carbocycles. The van der Waals surface area contributed by atoms with E-state index in [1.807, 2.05) is 6.92 Å². The van der Waals surface area contributed by atoms with Gasteiger partial charge in [-0.1, -0.05) is 6.92 Å². The van der Waals surface area contributed by atoms with Crippen molar-refractivity contribution in [2.75, 3.05) is 26.5 Å². The third-order valence-electron chi connectivity index (χ3n) is 3.71. The molecule has 0 unspecified atom stereocenters. The number of sulfone groups is 1. The Hall–Kier alpha value is -0.130. The zero-order valence-electron chi connectivity index (χ0n) is 9.69. The van der Waals surface area contributed by atoms with Crippen LogP contribution in [0.3, 0.4) is 0 Å². The molecule has 3 atom stereocenters. The molecule has 0 amide bonds. The van der Waals surface area contributed by atoms with Gasteiger partial charge in [-0.2, -0.15) is 0 Å². The van der Waals surface area contributed by atoms with Crippen LogP contribution in [0.25, 0.3) is 0 Å². The van der Waals surface area contributed by atoms with Gasteiger partial charge in [0.05, 0.1) is 4.75 Å². The minimum absolute atomic E-state index is 0.123. The Morgan fingerprint density at radius 2 is 2.13 bits per heavy atom. The van der Waals surface area contributed by atoms with Crippen molar-refractivity contribution in [1.82, 2.24) is 0 Å². The van der Waals surface area contributed by atoms with E-state index in [0.29, 0.717) is 18.9 Å². The lowest BCUT2D eigenvalue weighted by Gasteiger charge is -2.30. The van der Waals surface area contributed by atoms with Gasteiger partial charge in [0.15, 0.2) is 9.84 Å². The van der Waals surface area contributed by atoms with Crippen LogP contribution in [0.1, 0.15) is 19.8 Å². The van der Waals surface area contributed by atoms with E-state index in [2.05, 4.69) is 0 Å². The first-order valence-electron chi connectivity index (χ1n) is 5.26. The average Bonchev–Trinajstić information content (AvgIpc) is 2.43. The molecule has 1 aliphatic carbocycles. The first-order valence-corrected chi connectivity index (χ1v) is 7.15. The number of rotatable bonds is 4. The summed E-state index contributed by atoms with van der Waals surface area (Å²) in [5.41, 5.74) is 5.68. The molecule has 0 aromatic rings. The van der Waals surface area contributed by atoms with Crippen molar-refractivity contribution >= 4 is 9.84 Å². The van der Waals surface area contributed by atoms with Crippen LogP contribution in [0.4, 0.5) is 0 Å². The molecule has 1 rings (SSSR count). The summed E-state index contributed by atoms with van der Waals surface area (Å²) in [6.07, 6.45) is 2.82. The van der Waals surface area contributed by atoms with E-state index < -0.39 is 14.6 Å². The van der Waals surface area contributed by atoms with Crippen LogP contribution in [-0.4, -0.2) is 39.7 Å². The summed E-state index contributed by atoms with van der Waals surface area (Å²) in [5, 5.41) is 0. The third-order valence-corrected chi connectivity index (χ3v) is 5.92. The van der Waals surface area contributed by atoms with E-state index in [9.17, 15) is 8.42 Å². The van der Waals surface area contributed by atoms with Gasteiger partial charge in [-0.3, -0.25) is 0 Å². The molecule has 0 saturated heterocycles. The van der Waals surface area contributed by atoms with Crippen molar-refractivity contribution in [2.45, 2.75) is 24.5 Å². The maximum atomic E-state index is 11.8. The molecule has 0 heterocycles. The van der Waals surface area contributed by atoms with Gasteiger partial charge < -0.3 is 10.5 Å². The summed E-state index contributed by atoms with van der Waals surface area (Å²) in [6, 6.07) is 0. The Balaban J connectivity index is 2.93. The topological polar surface area (TPSA) is 69.4 Å². The molecule has 1 saturated carbocycles. The Bertz CT molecular complexity index is 315. The van der Waals surface area contributed by atoms with Crippen LogP contribution in [0.2, 0.25) is 0 Å². The number of hydrogen-bond acceptors (Lipinski definition) is 4. The van der Waals surface area contributed by atoms with Gasteiger partial charge in [0.25, 0.3) is 0 Å². The van der Waals surface area contributed by atoms with Crippen LogP contribution in [0.5, 0.6) is 0 Å². The van der Waals surface area contributed by atoms with Gasteiger partial charge >= 0.3 is 0 Å². The van der Waals surface area contributed by atoms with Crippen LogP contribution >= 0.6 is 0 Å². The molecular weight excluding hydrogens is 214 g/mol. The van der Waals surface area contributed by atoms with Gasteiger partial charge in [0, 0.05) is 26.5 Å². The SMILES string of the molecule is COC[C@H]1C[C@H](C)[C@@](CN)(S(C)(=O)=O)C1. The van der Waals surface area contributed by atoms with Crippen LogP contribution < -0.4 is 5.73 Å². The predicted molar refractivity (Wildman–Crippen MR) is 60.4 cm³/mol. The second-order valence-electron chi connectivity index (χ2n) is 4.70. The monoisotopic (exact) mass is 235 g/mol. The fourth-order valence-electron chi connectivity index (χ4n) is 2.80. The third kappa shape index (κ3) is 2.19. The lowest BCUT2D eigenvalue weighted by atomic mass is 9.97. The zero-order valence-corrected chi connectivity index (χ0v) is 10.5. The normalized spacial score (nSPS) is 37.1. The van der Waals surface area contributed by atoms with Crippen molar-refractivity contribution in [3.05, 3.63) is 0 Å². The Morgan fingerprint density at radius 1 is 1.53 bits per heavy atom. The van der Waals surface area contributed by atoms with Gasteiger partial charge in [-0.15, -0.1) is 0 Å². The molecular formula is C10H21NO3S. The van der Waals surface area contributed by atoms with Crippen molar-refractivity contribution < 1.29 is 13.2 Å². The van der Waals surface area contributed by atoms with E-state index in [4.69, 9.17) is 10.5 Å². The van der Waals surface area contributed by atoms with Crippen LogP contribution in [0.15, 0.2) is 0 Å². The van der Waals surface area contributed by atoms with Gasteiger partial charge in [-0.05, 0) is 24.7 Å². The van der Waals surface area contributed by atoms with E-state index >= 15 is 0 Å². The van der Waals surface area contributed by atoms with Crippen molar-refractivity contribution in [3.63, 3.8) is 0 Å². The fraction of sp³-hybridized carbons (Fsp3) is 1.00. The van der Waals surface area contributed by atoms with Crippen LogP contribution in [0, 0.1) is 11.8 Å². The summed E-state index contributed by atoms with van der Waals surface area (Å²) < 4.78 is 28.0. The zero-order chi connectivity index (χ0) is 11.7. The number of nitrogens with two attached hydrogens (primary N) is 1. The molecule has 0 spiro atoms. The summed E-state index contributed by atoms with van der Waals surface area (Å²) in [6.45, 7) is 2.82. The van der Waals surface area contributed by atoms with Crippen molar-refractivity contribution in [3.8, 4) is 0 Å². The second-order valence-corrected chi connectivity index (χ2v) is 7.06. The van der Waals surface area contributed by atoms with Gasteiger partial charge in [-0.25, -0.2) is 8.42 Å². The Kier molecular flexibility index (Phi) is 3.79. The molecule has 0 radical (unpaired) electrons. The molecule has 2 N–H and O–H groups in total. The van der Waals surface area contributed by atoms with E-state index in [1.54, 1.807) is 7.11 Å². The van der Waals surface area contributed by atoms with Crippen molar-refractivity contribution in [2.24, 2.45) is 17.6 Å². The molecule has 1 aliphatic rings. The summed E-state index contributed by atoms with van der Waals surface area (Å²) in [5.74, 6) is 0.445. The molecule has 0 bridgehead atoms. The Labute approximate surface area is 92.1 Å². The lowest BCUT2D eigenvalue weighted by Crippen LogP contribution is -2.47. The van der Waals surface area contributed by atoms with Crippen molar-refractivity contribution in [1.29, 1.82) is 0 Å². The first-order chi connectivity index (χ1) is 6.87. The molecule has 15 heavy (non-hydrogen) atoms. The predicted octanol–water partition coefficient (Wildman–Crippen LogP) is 0.421. The highest BCUT2D eigenvalue weighted by molar-refractivity contribution is 7.92.